The van der Waals surface area contributed by atoms with Crippen LogP contribution in [0.15, 0.2) is 48.6 Å². The van der Waals surface area contributed by atoms with Gasteiger partial charge in [-0.3, -0.25) is 0 Å². The topological polar surface area (TPSA) is 26.3 Å². The Morgan fingerprint density at radius 3 is 1.88 bits per heavy atom. The zero-order valence-electron chi connectivity index (χ0n) is 10.1. The Labute approximate surface area is 97.9 Å². The van der Waals surface area contributed by atoms with Crippen LogP contribution in [0.3, 0.4) is 0 Å². The number of rotatable bonds is 4. The van der Waals surface area contributed by atoms with Crippen LogP contribution in [0.5, 0.6) is 0 Å². The molecule has 0 aliphatic carbocycles. The summed E-state index contributed by atoms with van der Waals surface area (Å²) in [5, 5.41) is 0. The summed E-state index contributed by atoms with van der Waals surface area (Å²) in [4.78, 5) is 10.7. The summed E-state index contributed by atoms with van der Waals surface area (Å²) in [6.07, 6.45) is 1.97. The minimum absolute atomic E-state index is 0.284. The summed E-state index contributed by atoms with van der Waals surface area (Å²) in [6.45, 7) is 7.67. The van der Waals surface area contributed by atoms with Gasteiger partial charge in [0.05, 0.1) is 6.61 Å². The van der Waals surface area contributed by atoms with E-state index >= 15 is 0 Å². The van der Waals surface area contributed by atoms with E-state index in [0.717, 1.165) is 12.8 Å². The Hall–Kier alpha value is -1.57. The van der Waals surface area contributed by atoms with Crippen molar-refractivity contribution in [3.8, 4) is 0 Å². The molecule has 0 spiro atoms. The lowest BCUT2D eigenvalue weighted by Gasteiger charge is -2.01. The van der Waals surface area contributed by atoms with E-state index in [1.807, 2.05) is 36.4 Å². The van der Waals surface area contributed by atoms with E-state index in [2.05, 4.69) is 13.5 Å². The van der Waals surface area contributed by atoms with E-state index in [-0.39, 0.29) is 5.97 Å². The van der Waals surface area contributed by atoms with Crippen molar-refractivity contribution >= 4 is 5.97 Å². The van der Waals surface area contributed by atoms with E-state index < -0.39 is 0 Å². The molecule has 0 heterocycles. The molecule has 1 rings (SSSR count). The number of hydrogen-bond acceptors (Lipinski definition) is 2. The average molecular weight is 220 g/mol. The molecule has 0 saturated carbocycles. The van der Waals surface area contributed by atoms with E-state index in [9.17, 15) is 4.79 Å². The van der Waals surface area contributed by atoms with Crippen LogP contribution in [0.2, 0.25) is 0 Å². The van der Waals surface area contributed by atoms with Gasteiger partial charge in [-0.05, 0) is 13.3 Å². The third-order valence-corrected chi connectivity index (χ3v) is 1.75. The van der Waals surface area contributed by atoms with Crippen molar-refractivity contribution in [3.05, 3.63) is 48.6 Å². The summed E-state index contributed by atoms with van der Waals surface area (Å²) in [5.74, 6) is -0.284. The van der Waals surface area contributed by atoms with Crippen molar-refractivity contribution in [2.45, 2.75) is 26.7 Å². The molecule has 2 nitrogen and oxygen atoms in total. The van der Waals surface area contributed by atoms with Gasteiger partial charge in [0.25, 0.3) is 0 Å². The Morgan fingerprint density at radius 2 is 1.56 bits per heavy atom. The number of carbonyl (C=O) groups is 1. The predicted molar refractivity (Wildman–Crippen MR) is 67.1 cm³/mol. The molecule has 2 heteroatoms. The molecule has 16 heavy (non-hydrogen) atoms. The van der Waals surface area contributed by atoms with Crippen LogP contribution in [0.1, 0.15) is 26.7 Å². The molecule has 0 aliphatic rings. The third kappa shape index (κ3) is 9.00. The molecule has 0 bridgehead atoms. The number of carbonyl (C=O) groups excluding carboxylic acids is 1. The zero-order valence-corrected chi connectivity index (χ0v) is 10.1. The molecular weight excluding hydrogens is 200 g/mol. The SMILES string of the molecule is C=C(C)C(=O)OCCCC.c1ccccc1. The largest absolute Gasteiger partial charge is 0.462 e. The second-order valence-corrected chi connectivity index (χ2v) is 3.42. The van der Waals surface area contributed by atoms with Crippen molar-refractivity contribution in [3.63, 3.8) is 0 Å². The summed E-state index contributed by atoms with van der Waals surface area (Å²) in [5.41, 5.74) is 0.469. The van der Waals surface area contributed by atoms with Crippen molar-refractivity contribution in [2.24, 2.45) is 0 Å². The van der Waals surface area contributed by atoms with Gasteiger partial charge in [0.15, 0.2) is 0 Å². The van der Waals surface area contributed by atoms with Crippen molar-refractivity contribution < 1.29 is 9.53 Å². The highest BCUT2D eigenvalue weighted by Crippen LogP contribution is 1.94. The van der Waals surface area contributed by atoms with Gasteiger partial charge < -0.3 is 4.74 Å². The fourth-order valence-electron chi connectivity index (χ4n) is 0.817. The maximum Gasteiger partial charge on any atom is 0.333 e. The smallest absolute Gasteiger partial charge is 0.333 e. The first-order chi connectivity index (χ1) is 7.68. The fourth-order valence-corrected chi connectivity index (χ4v) is 0.817. The monoisotopic (exact) mass is 220 g/mol. The highest BCUT2D eigenvalue weighted by atomic mass is 16.5. The molecule has 88 valence electrons. The molecule has 0 amide bonds. The van der Waals surface area contributed by atoms with Crippen molar-refractivity contribution in [1.82, 2.24) is 0 Å². The Balaban J connectivity index is 0.000000315. The van der Waals surface area contributed by atoms with Crippen molar-refractivity contribution in [1.29, 1.82) is 0 Å². The first-order valence-electron chi connectivity index (χ1n) is 5.51. The Morgan fingerprint density at radius 1 is 1.12 bits per heavy atom. The fraction of sp³-hybridized carbons (Fsp3) is 0.357. The lowest BCUT2D eigenvalue weighted by atomic mass is 10.3. The van der Waals surface area contributed by atoms with Gasteiger partial charge in [-0.1, -0.05) is 56.3 Å². The molecule has 0 aromatic heterocycles. The molecule has 0 atom stereocenters. The molecule has 1 aromatic rings. The second kappa shape index (κ2) is 9.97. The predicted octanol–water partition coefficient (Wildman–Crippen LogP) is 3.59. The quantitative estimate of drug-likeness (QED) is 0.440. The van der Waals surface area contributed by atoms with E-state index in [0.29, 0.717) is 12.2 Å². The molecule has 0 N–H and O–H groups in total. The van der Waals surface area contributed by atoms with Crippen LogP contribution in [-0.2, 0) is 9.53 Å². The average Bonchev–Trinajstić information content (AvgIpc) is 2.32. The first kappa shape index (κ1) is 14.4. The van der Waals surface area contributed by atoms with Crippen LogP contribution < -0.4 is 0 Å². The summed E-state index contributed by atoms with van der Waals surface area (Å²) in [7, 11) is 0. The Kier molecular flexibility index (Phi) is 8.99. The van der Waals surface area contributed by atoms with E-state index in [4.69, 9.17) is 4.74 Å². The van der Waals surface area contributed by atoms with Gasteiger partial charge >= 0.3 is 5.97 Å². The Bertz CT molecular complexity index is 264. The minimum Gasteiger partial charge on any atom is -0.462 e. The number of ether oxygens (including phenoxy) is 1. The molecule has 0 fully saturated rings. The molecule has 0 aliphatic heterocycles. The van der Waals surface area contributed by atoms with Gasteiger partial charge in [0, 0.05) is 5.57 Å². The van der Waals surface area contributed by atoms with Gasteiger partial charge in [0.1, 0.15) is 0 Å². The number of benzene rings is 1. The van der Waals surface area contributed by atoms with Crippen LogP contribution in [0.25, 0.3) is 0 Å². The van der Waals surface area contributed by atoms with Gasteiger partial charge in [-0.2, -0.15) is 0 Å². The normalized spacial score (nSPS) is 8.62. The maximum atomic E-state index is 10.7. The molecule has 0 saturated heterocycles. The minimum atomic E-state index is -0.284. The standard InChI is InChI=1S/C8H14O2.C6H6/c1-4-5-6-10-8(9)7(2)3;1-2-4-6-5-3-1/h2,4-6H2,1,3H3;1-6H. The number of esters is 1. The van der Waals surface area contributed by atoms with Crippen LogP contribution in [-0.4, -0.2) is 12.6 Å². The number of hydrogen-bond donors (Lipinski definition) is 0. The highest BCUT2D eigenvalue weighted by Gasteiger charge is 2.00. The lowest BCUT2D eigenvalue weighted by Crippen LogP contribution is -2.05. The van der Waals surface area contributed by atoms with Crippen LogP contribution in [0.4, 0.5) is 0 Å². The molecule has 1 aromatic carbocycles. The number of unbranched alkanes of at least 4 members (excludes halogenated alkanes) is 1. The van der Waals surface area contributed by atoms with Crippen molar-refractivity contribution in [2.75, 3.05) is 6.61 Å². The highest BCUT2D eigenvalue weighted by molar-refractivity contribution is 5.86. The van der Waals surface area contributed by atoms with Crippen LogP contribution in [0, 0.1) is 0 Å². The molecule has 0 unspecified atom stereocenters. The zero-order chi connectivity index (χ0) is 12.2. The molecule has 0 radical (unpaired) electrons. The van der Waals surface area contributed by atoms with E-state index in [1.165, 1.54) is 0 Å². The summed E-state index contributed by atoms with van der Waals surface area (Å²) >= 11 is 0. The first-order valence-corrected chi connectivity index (χ1v) is 5.51. The lowest BCUT2D eigenvalue weighted by molar-refractivity contribution is -0.139. The van der Waals surface area contributed by atoms with Gasteiger partial charge in [-0.25, -0.2) is 4.79 Å². The third-order valence-electron chi connectivity index (χ3n) is 1.75. The van der Waals surface area contributed by atoms with E-state index in [1.54, 1.807) is 6.92 Å². The summed E-state index contributed by atoms with van der Waals surface area (Å²) in [6, 6.07) is 12.0. The van der Waals surface area contributed by atoms with Gasteiger partial charge in [-0.15, -0.1) is 0 Å². The van der Waals surface area contributed by atoms with Gasteiger partial charge in [0.2, 0.25) is 0 Å². The second-order valence-electron chi connectivity index (χ2n) is 3.42. The molecular formula is C14H20O2. The summed E-state index contributed by atoms with van der Waals surface area (Å²) < 4.78 is 4.81. The van der Waals surface area contributed by atoms with Crippen LogP contribution >= 0.6 is 0 Å². The maximum absolute atomic E-state index is 10.7.